The zero-order chi connectivity index (χ0) is 15.0. The number of aliphatic carboxylic acids is 1. The van der Waals surface area contributed by atoms with Crippen molar-refractivity contribution >= 4 is 11.9 Å². The second kappa shape index (κ2) is 5.13. The van der Waals surface area contributed by atoms with Crippen LogP contribution in [0.2, 0.25) is 0 Å². The molecule has 0 radical (unpaired) electrons. The number of carboxylic acid groups (broad SMARTS) is 1. The Morgan fingerprint density at radius 3 is 3.00 bits per heavy atom. The van der Waals surface area contributed by atoms with Crippen molar-refractivity contribution in [1.29, 1.82) is 0 Å². The third-order valence-electron chi connectivity index (χ3n) is 5.10. The summed E-state index contributed by atoms with van der Waals surface area (Å²) in [5.74, 6) is -0.694. The van der Waals surface area contributed by atoms with Gasteiger partial charge in [-0.1, -0.05) is 13.3 Å². The first-order valence-electron chi connectivity index (χ1n) is 7.54. The lowest BCUT2D eigenvalue weighted by Gasteiger charge is -2.23. The number of carboxylic acids is 1. The fraction of sp³-hybridized carbons (Fsp3) is 0.562. The maximum atomic E-state index is 12.7. The minimum absolute atomic E-state index is 0.0516. The summed E-state index contributed by atoms with van der Waals surface area (Å²) in [4.78, 5) is 30.2. The fourth-order valence-corrected chi connectivity index (χ4v) is 3.88. The van der Waals surface area contributed by atoms with E-state index in [0.29, 0.717) is 25.1 Å². The highest BCUT2D eigenvalue weighted by Gasteiger charge is 2.55. The van der Waals surface area contributed by atoms with Gasteiger partial charge in [0.25, 0.3) is 5.91 Å². The Morgan fingerprint density at radius 1 is 1.52 bits per heavy atom. The van der Waals surface area contributed by atoms with Crippen molar-refractivity contribution in [2.45, 2.75) is 32.6 Å². The Labute approximate surface area is 124 Å². The van der Waals surface area contributed by atoms with Gasteiger partial charge in [0.15, 0.2) is 0 Å². The quantitative estimate of drug-likeness (QED) is 0.923. The van der Waals surface area contributed by atoms with Crippen LogP contribution in [0.25, 0.3) is 0 Å². The molecule has 1 saturated carbocycles. The van der Waals surface area contributed by atoms with Crippen molar-refractivity contribution in [3.05, 3.63) is 29.6 Å². The maximum Gasteiger partial charge on any atom is 0.311 e. The minimum Gasteiger partial charge on any atom is -0.481 e. The summed E-state index contributed by atoms with van der Waals surface area (Å²) < 4.78 is 0. The zero-order valence-electron chi connectivity index (χ0n) is 12.2. The van der Waals surface area contributed by atoms with Crippen molar-refractivity contribution < 1.29 is 14.7 Å². The summed E-state index contributed by atoms with van der Waals surface area (Å²) >= 11 is 0. The molecule has 2 aliphatic rings. The van der Waals surface area contributed by atoms with Gasteiger partial charge in [-0.15, -0.1) is 0 Å². The number of hydrogen-bond donors (Lipinski definition) is 1. The topological polar surface area (TPSA) is 70.5 Å². The number of carbonyl (C=O) groups is 2. The van der Waals surface area contributed by atoms with Crippen LogP contribution in [-0.4, -0.2) is 40.0 Å². The summed E-state index contributed by atoms with van der Waals surface area (Å²) in [5, 5.41) is 9.60. The fourth-order valence-electron chi connectivity index (χ4n) is 3.88. The smallest absolute Gasteiger partial charge is 0.311 e. The molecule has 2 heterocycles. The molecule has 1 aromatic heterocycles. The average molecular weight is 288 g/mol. The van der Waals surface area contributed by atoms with Gasteiger partial charge in [-0.2, -0.15) is 0 Å². The van der Waals surface area contributed by atoms with Gasteiger partial charge in [-0.25, -0.2) is 0 Å². The molecule has 1 N–H and O–H groups in total. The molecule has 5 nitrogen and oxygen atoms in total. The van der Waals surface area contributed by atoms with E-state index in [2.05, 4.69) is 4.98 Å². The van der Waals surface area contributed by atoms with Gasteiger partial charge in [0.1, 0.15) is 0 Å². The van der Waals surface area contributed by atoms with Crippen molar-refractivity contribution in [2.24, 2.45) is 11.3 Å². The SMILES string of the molecule is CCc1cnccc1C(=O)N1C[C@@H]2CCC[C@@]2(C(=O)O)C1. The van der Waals surface area contributed by atoms with E-state index in [1.54, 1.807) is 23.4 Å². The van der Waals surface area contributed by atoms with Gasteiger partial charge >= 0.3 is 5.97 Å². The molecular formula is C16H20N2O3. The van der Waals surface area contributed by atoms with Crippen LogP contribution in [0.5, 0.6) is 0 Å². The standard InChI is InChI=1S/C16H20N2O3/c1-2-11-8-17-7-5-13(11)14(19)18-9-12-4-3-6-16(12,10-18)15(20)21/h5,7-8,12H,2-4,6,9-10H2,1H3,(H,20,21)/t12-,16+/m0/s1. The number of likely N-dealkylation sites (tertiary alicyclic amines) is 1. The number of nitrogens with zero attached hydrogens (tertiary/aromatic N) is 2. The largest absolute Gasteiger partial charge is 0.481 e. The number of aryl methyl sites for hydroxylation is 1. The molecular weight excluding hydrogens is 268 g/mol. The van der Waals surface area contributed by atoms with Crippen LogP contribution >= 0.6 is 0 Å². The third-order valence-corrected chi connectivity index (χ3v) is 5.10. The number of pyridine rings is 1. The lowest BCUT2D eigenvalue weighted by atomic mass is 9.81. The predicted molar refractivity (Wildman–Crippen MR) is 76.9 cm³/mol. The van der Waals surface area contributed by atoms with Crippen LogP contribution in [0.4, 0.5) is 0 Å². The van der Waals surface area contributed by atoms with Crippen molar-refractivity contribution in [3.8, 4) is 0 Å². The molecule has 21 heavy (non-hydrogen) atoms. The third kappa shape index (κ3) is 2.11. The van der Waals surface area contributed by atoms with E-state index in [9.17, 15) is 14.7 Å². The van der Waals surface area contributed by atoms with E-state index in [1.165, 1.54) is 0 Å². The molecule has 5 heteroatoms. The molecule has 0 aromatic carbocycles. The van der Waals surface area contributed by atoms with Gasteiger partial charge < -0.3 is 10.0 Å². The predicted octanol–water partition coefficient (Wildman–Crippen LogP) is 1.97. The molecule has 1 saturated heterocycles. The van der Waals surface area contributed by atoms with Crippen LogP contribution in [0.1, 0.15) is 42.1 Å². The minimum atomic E-state index is -0.745. The lowest BCUT2D eigenvalue weighted by molar-refractivity contribution is -0.149. The number of carbonyl (C=O) groups excluding carboxylic acids is 1. The lowest BCUT2D eigenvalue weighted by Crippen LogP contribution is -2.37. The van der Waals surface area contributed by atoms with Gasteiger partial charge in [0.2, 0.25) is 0 Å². The van der Waals surface area contributed by atoms with E-state index < -0.39 is 11.4 Å². The van der Waals surface area contributed by atoms with Crippen LogP contribution in [-0.2, 0) is 11.2 Å². The zero-order valence-corrected chi connectivity index (χ0v) is 12.2. The molecule has 2 atom stereocenters. The summed E-state index contributed by atoms with van der Waals surface area (Å²) in [6.07, 6.45) is 6.64. The molecule has 1 aromatic rings. The van der Waals surface area contributed by atoms with Crippen LogP contribution in [0.3, 0.4) is 0 Å². The Hall–Kier alpha value is -1.91. The molecule has 3 rings (SSSR count). The number of hydrogen-bond acceptors (Lipinski definition) is 3. The van der Waals surface area contributed by atoms with Crippen molar-refractivity contribution in [1.82, 2.24) is 9.88 Å². The van der Waals surface area contributed by atoms with Crippen molar-refractivity contribution in [3.63, 3.8) is 0 Å². The van der Waals surface area contributed by atoms with Crippen LogP contribution in [0, 0.1) is 11.3 Å². The monoisotopic (exact) mass is 288 g/mol. The summed E-state index contributed by atoms with van der Waals surface area (Å²) in [7, 11) is 0. The number of amides is 1. The second-order valence-corrected chi connectivity index (χ2v) is 6.12. The molecule has 0 spiro atoms. The second-order valence-electron chi connectivity index (χ2n) is 6.12. The first kappa shape index (κ1) is 14.0. The van der Waals surface area contributed by atoms with Gasteiger partial charge in [0, 0.05) is 31.0 Å². The van der Waals surface area contributed by atoms with E-state index in [-0.39, 0.29) is 11.8 Å². The summed E-state index contributed by atoms with van der Waals surface area (Å²) in [6, 6.07) is 1.74. The van der Waals surface area contributed by atoms with E-state index in [1.807, 2.05) is 6.92 Å². The Morgan fingerprint density at radius 2 is 2.33 bits per heavy atom. The van der Waals surface area contributed by atoms with E-state index in [0.717, 1.165) is 24.8 Å². The summed E-state index contributed by atoms with van der Waals surface area (Å²) in [6.45, 7) is 2.90. The van der Waals surface area contributed by atoms with E-state index in [4.69, 9.17) is 0 Å². The molecule has 1 amide bonds. The molecule has 1 aliphatic heterocycles. The van der Waals surface area contributed by atoms with E-state index >= 15 is 0 Å². The van der Waals surface area contributed by atoms with Gasteiger partial charge in [-0.3, -0.25) is 14.6 Å². The first-order chi connectivity index (χ1) is 10.1. The highest BCUT2D eigenvalue weighted by atomic mass is 16.4. The number of fused-ring (bicyclic) bond motifs is 1. The Balaban J connectivity index is 1.86. The van der Waals surface area contributed by atoms with Crippen LogP contribution < -0.4 is 0 Å². The summed E-state index contributed by atoms with van der Waals surface area (Å²) in [5.41, 5.74) is 0.867. The van der Waals surface area contributed by atoms with Crippen molar-refractivity contribution in [2.75, 3.05) is 13.1 Å². The number of aromatic nitrogens is 1. The molecule has 1 aliphatic carbocycles. The molecule has 0 unspecified atom stereocenters. The van der Waals surface area contributed by atoms with Crippen LogP contribution in [0.15, 0.2) is 18.5 Å². The normalized spacial score (nSPS) is 27.7. The molecule has 2 fully saturated rings. The molecule has 112 valence electrons. The first-order valence-corrected chi connectivity index (χ1v) is 7.54. The molecule has 0 bridgehead atoms. The van der Waals surface area contributed by atoms with Gasteiger partial charge in [0.05, 0.1) is 5.41 Å². The van der Waals surface area contributed by atoms with Gasteiger partial charge in [-0.05, 0) is 36.8 Å². The number of rotatable bonds is 3. The highest BCUT2D eigenvalue weighted by molar-refractivity contribution is 5.96. The Kier molecular flexibility index (Phi) is 3.43. The average Bonchev–Trinajstić information content (AvgIpc) is 3.04. The Bertz CT molecular complexity index is 587. The maximum absolute atomic E-state index is 12.7. The highest BCUT2D eigenvalue weighted by Crippen LogP contribution is 2.49.